The number of hydrogen-bond acceptors (Lipinski definition) is 8. The van der Waals surface area contributed by atoms with Crippen LogP contribution in [-0.2, 0) is 33.9 Å². The minimum atomic E-state index is -0.908. The molecular formula is C37H46Cl2N8O3S. The molecule has 0 fully saturated rings. The van der Waals surface area contributed by atoms with Gasteiger partial charge in [-0.25, -0.2) is 4.98 Å². The second-order valence-corrected chi connectivity index (χ2v) is 14.4. The van der Waals surface area contributed by atoms with Crippen LogP contribution in [0.4, 0.5) is 0 Å². The van der Waals surface area contributed by atoms with Crippen LogP contribution in [-0.4, -0.2) is 70.3 Å². The molecule has 3 amide bonds. The van der Waals surface area contributed by atoms with Crippen molar-refractivity contribution < 1.29 is 14.4 Å². The molecule has 1 aliphatic heterocycles. The number of para-hydroxylation sites is 1. The van der Waals surface area contributed by atoms with Crippen LogP contribution in [0.25, 0.3) is 10.9 Å². The zero-order valence-corrected chi connectivity index (χ0v) is 31.1. The number of likely N-dealkylation sites (N-methyl/N-ethyl adjacent to an activating group) is 1. The van der Waals surface area contributed by atoms with E-state index < -0.39 is 18.1 Å². The third-order valence-electron chi connectivity index (χ3n) is 9.15. The standard InChI is InChI=1S/C37H46Cl2N8O3S/c1-2-47-32(19-24-21-43-29-11-4-3-10-25(24)29)35(49)45-22-26-27(38)14-15-28(39)33(26)51-36-23(9-8-18-42-36)20-44-30(13-7-17-41)34(48)46-31(37(47)50)12-5-6-16-40/h3-4,8-11,14-15,18,21,30-32,43-44H,2,5-7,12-13,16-17,19-20,22,40-41H2,1H3,(H,45,49)(H,46,48)/t30-,31-,32-/m0/s1. The smallest absolute Gasteiger partial charge is 0.245 e. The van der Waals surface area contributed by atoms with Gasteiger partial charge < -0.3 is 37.3 Å². The second kappa shape index (κ2) is 18.7. The number of unbranched alkanes of at least 4 members (excludes halogenated alkanes) is 1. The van der Waals surface area contributed by atoms with Gasteiger partial charge in [0.1, 0.15) is 17.1 Å². The molecule has 2 aromatic carbocycles. The van der Waals surface area contributed by atoms with Gasteiger partial charge in [0.15, 0.2) is 0 Å². The van der Waals surface area contributed by atoms with Gasteiger partial charge in [-0.05, 0) is 87.5 Å². The Morgan fingerprint density at radius 2 is 1.67 bits per heavy atom. The molecule has 0 bridgehead atoms. The highest BCUT2D eigenvalue weighted by atomic mass is 35.5. The topological polar surface area (TPSA) is 171 Å². The van der Waals surface area contributed by atoms with Gasteiger partial charge in [0.05, 0.1) is 11.1 Å². The largest absolute Gasteiger partial charge is 0.361 e. The van der Waals surface area contributed by atoms with Crippen LogP contribution >= 0.6 is 35.0 Å². The van der Waals surface area contributed by atoms with Crippen LogP contribution in [0.1, 0.15) is 55.7 Å². The molecule has 3 heterocycles. The molecule has 8 N–H and O–H groups in total. The summed E-state index contributed by atoms with van der Waals surface area (Å²) in [5.41, 5.74) is 15.0. The maximum atomic E-state index is 14.6. The van der Waals surface area contributed by atoms with Crippen molar-refractivity contribution in [3.05, 3.63) is 87.7 Å². The summed E-state index contributed by atoms with van der Waals surface area (Å²) >= 11 is 14.9. The molecule has 272 valence electrons. The molecule has 3 atom stereocenters. The predicted molar refractivity (Wildman–Crippen MR) is 204 cm³/mol. The van der Waals surface area contributed by atoms with Gasteiger partial charge in [0.2, 0.25) is 17.7 Å². The van der Waals surface area contributed by atoms with Crippen molar-refractivity contribution in [1.82, 2.24) is 30.8 Å². The van der Waals surface area contributed by atoms with Crippen LogP contribution in [0.2, 0.25) is 10.0 Å². The number of halogens is 2. The first-order chi connectivity index (χ1) is 24.7. The summed E-state index contributed by atoms with van der Waals surface area (Å²) in [6.07, 6.45) is 6.54. The second-order valence-electron chi connectivity index (χ2n) is 12.5. The summed E-state index contributed by atoms with van der Waals surface area (Å²) in [6, 6.07) is 12.6. The third kappa shape index (κ3) is 9.62. The minimum absolute atomic E-state index is 0.0644. The maximum absolute atomic E-state index is 14.6. The fourth-order valence-electron chi connectivity index (χ4n) is 6.38. The zero-order chi connectivity index (χ0) is 36.3. The Bertz CT molecular complexity index is 1820. The van der Waals surface area contributed by atoms with Gasteiger partial charge in [-0.3, -0.25) is 14.4 Å². The van der Waals surface area contributed by atoms with Crippen molar-refractivity contribution in [3.8, 4) is 0 Å². The summed E-state index contributed by atoms with van der Waals surface area (Å²) in [5.74, 6) is -1.01. The van der Waals surface area contributed by atoms with E-state index in [9.17, 15) is 14.4 Å². The number of H-pyrrole nitrogens is 1. The molecule has 14 heteroatoms. The molecule has 4 aromatic rings. The number of carbonyl (C=O) groups is 3. The highest BCUT2D eigenvalue weighted by Crippen LogP contribution is 2.39. The molecule has 0 spiro atoms. The van der Waals surface area contributed by atoms with Crippen molar-refractivity contribution in [2.24, 2.45) is 11.5 Å². The van der Waals surface area contributed by atoms with Gasteiger partial charge in [-0.2, -0.15) is 0 Å². The number of hydrogen-bond donors (Lipinski definition) is 6. The number of aromatic amines is 1. The first kappa shape index (κ1) is 38.6. The first-order valence-electron chi connectivity index (χ1n) is 17.4. The monoisotopic (exact) mass is 752 g/mol. The summed E-state index contributed by atoms with van der Waals surface area (Å²) in [7, 11) is 0. The van der Waals surface area contributed by atoms with E-state index in [-0.39, 0.29) is 37.2 Å². The van der Waals surface area contributed by atoms with Crippen LogP contribution in [0, 0.1) is 0 Å². The molecule has 5 rings (SSSR count). The molecule has 0 saturated heterocycles. The minimum Gasteiger partial charge on any atom is -0.361 e. The molecule has 0 aliphatic carbocycles. The van der Waals surface area contributed by atoms with E-state index in [0.29, 0.717) is 77.3 Å². The lowest BCUT2D eigenvalue weighted by Crippen LogP contribution is -2.58. The number of pyridine rings is 1. The summed E-state index contributed by atoms with van der Waals surface area (Å²) in [5, 5.41) is 12.1. The zero-order valence-electron chi connectivity index (χ0n) is 28.7. The average Bonchev–Trinajstić information content (AvgIpc) is 3.55. The van der Waals surface area contributed by atoms with E-state index in [1.807, 2.05) is 49.5 Å². The van der Waals surface area contributed by atoms with Crippen LogP contribution in [0.15, 0.2) is 70.8 Å². The SMILES string of the molecule is CCN1C(=O)[C@H](CCCCN)NC(=O)[C@H](CCCN)NCc2cccnc2Sc2c(Cl)ccc(Cl)c2CNC(=O)[C@@H]1Cc1c[nH]c2ccccc12. The number of nitrogens with one attached hydrogen (secondary N) is 4. The van der Waals surface area contributed by atoms with Gasteiger partial charge in [0.25, 0.3) is 0 Å². The van der Waals surface area contributed by atoms with Crippen molar-refractivity contribution >= 4 is 63.6 Å². The molecule has 0 saturated carbocycles. The highest BCUT2D eigenvalue weighted by Gasteiger charge is 2.35. The Morgan fingerprint density at radius 1 is 0.902 bits per heavy atom. The van der Waals surface area contributed by atoms with Gasteiger partial charge >= 0.3 is 0 Å². The first-order valence-corrected chi connectivity index (χ1v) is 19.0. The number of aromatic nitrogens is 2. The van der Waals surface area contributed by atoms with E-state index in [2.05, 4.69) is 25.9 Å². The molecular weight excluding hydrogens is 707 g/mol. The fourth-order valence-corrected chi connectivity index (χ4v) is 8.00. The predicted octanol–water partition coefficient (Wildman–Crippen LogP) is 4.92. The van der Waals surface area contributed by atoms with Crippen LogP contribution < -0.4 is 27.4 Å². The summed E-state index contributed by atoms with van der Waals surface area (Å²) < 4.78 is 0. The Labute approximate surface area is 313 Å². The number of fused-ring (bicyclic) bond motifs is 3. The van der Waals surface area contributed by atoms with Gasteiger partial charge in [-0.15, -0.1) is 0 Å². The molecule has 0 unspecified atom stereocenters. The van der Waals surface area contributed by atoms with E-state index in [1.54, 1.807) is 23.2 Å². The van der Waals surface area contributed by atoms with E-state index in [1.165, 1.54) is 11.8 Å². The van der Waals surface area contributed by atoms with Crippen molar-refractivity contribution in [2.75, 3.05) is 19.6 Å². The third-order valence-corrected chi connectivity index (χ3v) is 11.2. The number of benzene rings is 2. The van der Waals surface area contributed by atoms with Gasteiger partial charge in [0, 0.05) is 64.8 Å². The molecule has 0 radical (unpaired) electrons. The fraction of sp³-hybridized carbons (Fsp3) is 0.405. The Morgan fingerprint density at radius 3 is 2.45 bits per heavy atom. The number of nitrogens with zero attached hydrogens (tertiary/aromatic N) is 2. The van der Waals surface area contributed by atoms with E-state index >= 15 is 0 Å². The molecule has 1 aliphatic rings. The van der Waals surface area contributed by atoms with Gasteiger partial charge in [-0.1, -0.05) is 59.2 Å². The quantitative estimate of drug-likeness (QED) is 0.124. The summed E-state index contributed by atoms with van der Waals surface area (Å²) in [6.45, 7) is 3.32. The average molecular weight is 754 g/mol. The lowest BCUT2D eigenvalue weighted by atomic mass is 10.00. The molecule has 51 heavy (non-hydrogen) atoms. The van der Waals surface area contributed by atoms with Crippen LogP contribution in [0.3, 0.4) is 0 Å². The van der Waals surface area contributed by atoms with Crippen molar-refractivity contribution in [2.45, 2.75) is 86.6 Å². The Balaban J connectivity index is 1.60. The lowest BCUT2D eigenvalue weighted by Gasteiger charge is -2.34. The number of nitrogens with two attached hydrogens (primary N) is 2. The summed E-state index contributed by atoms with van der Waals surface area (Å²) in [4.78, 5) is 53.2. The van der Waals surface area contributed by atoms with E-state index in [4.69, 9.17) is 34.7 Å². The van der Waals surface area contributed by atoms with E-state index in [0.717, 1.165) is 22.0 Å². The number of amides is 3. The van der Waals surface area contributed by atoms with Crippen molar-refractivity contribution in [1.29, 1.82) is 0 Å². The highest BCUT2D eigenvalue weighted by molar-refractivity contribution is 7.99. The molecule has 11 nitrogen and oxygen atoms in total. The normalized spacial score (nSPS) is 19.3. The lowest BCUT2D eigenvalue weighted by molar-refractivity contribution is -0.143. The number of carbonyl (C=O) groups excluding carboxylic acids is 3. The Kier molecular flexibility index (Phi) is 14.2. The van der Waals surface area contributed by atoms with Crippen LogP contribution in [0.5, 0.6) is 0 Å². The Hall–Kier alpha value is -3.65. The van der Waals surface area contributed by atoms with Crippen molar-refractivity contribution in [3.63, 3.8) is 0 Å². The molecule has 2 aromatic heterocycles. The maximum Gasteiger partial charge on any atom is 0.245 e. The number of rotatable bonds is 10.